The largest absolute Gasteiger partial charge is 0.359 e. The molecule has 0 amide bonds. The number of nitrogens with one attached hydrogen (secondary N) is 2. The number of rotatable bonds is 9. The third kappa shape index (κ3) is 6.15. The summed E-state index contributed by atoms with van der Waals surface area (Å²) in [6.45, 7) is 12.9. The van der Waals surface area contributed by atoms with E-state index in [-0.39, 0.29) is 5.54 Å². The summed E-state index contributed by atoms with van der Waals surface area (Å²) in [4.78, 5) is 6.81. The molecule has 0 aliphatic rings. The van der Waals surface area contributed by atoms with E-state index in [4.69, 9.17) is 4.52 Å². The zero-order valence-corrected chi connectivity index (χ0v) is 16.4. The number of likely N-dealkylation sites (N-methyl/N-ethyl adjacent to an activating group) is 1. The Balaban J connectivity index is 2.69. The molecule has 0 aliphatic carbocycles. The van der Waals surface area contributed by atoms with Crippen LogP contribution in [0.2, 0.25) is 0 Å². The van der Waals surface area contributed by atoms with E-state index in [0.717, 1.165) is 43.3 Å². The van der Waals surface area contributed by atoms with Crippen LogP contribution in [0.5, 0.6) is 0 Å². The van der Waals surface area contributed by atoms with Crippen molar-refractivity contribution in [1.82, 2.24) is 20.7 Å². The minimum Gasteiger partial charge on any atom is -0.359 e. The van der Waals surface area contributed by atoms with E-state index < -0.39 is 0 Å². The second-order valence-electron chi connectivity index (χ2n) is 6.99. The first kappa shape index (κ1) is 20.5. The zero-order chi connectivity index (χ0) is 18.2. The van der Waals surface area contributed by atoms with Crippen molar-refractivity contribution in [2.24, 2.45) is 4.99 Å². The summed E-state index contributed by atoms with van der Waals surface area (Å²) in [5.74, 6) is 2.08. The second-order valence-corrected chi connectivity index (χ2v) is 6.99. The molecule has 0 radical (unpaired) electrons. The molecule has 0 saturated heterocycles. The van der Waals surface area contributed by atoms with E-state index in [0.29, 0.717) is 12.5 Å². The lowest BCUT2D eigenvalue weighted by atomic mass is 9.99. The Kier molecular flexibility index (Phi) is 8.25. The van der Waals surface area contributed by atoms with Crippen LogP contribution in [0.15, 0.2) is 15.6 Å². The molecular weight excluding hydrogens is 302 g/mol. The average Bonchev–Trinajstić information content (AvgIpc) is 3.00. The summed E-state index contributed by atoms with van der Waals surface area (Å²) >= 11 is 0. The maximum Gasteiger partial charge on any atom is 0.191 e. The summed E-state index contributed by atoms with van der Waals surface area (Å²) < 4.78 is 5.44. The number of aliphatic imine (C=N–C) groups is 1. The minimum absolute atomic E-state index is 0.0467. The van der Waals surface area contributed by atoms with Crippen LogP contribution in [0.4, 0.5) is 0 Å². The quantitative estimate of drug-likeness (QED) is 0.536. The number of nitrogens with zero attached hydrogens (tertiary/aromatic N) is 3. The standard InChI is InChI=1S/C18H35N5O/c1-8-14(9-2)16-11-15(24-22-16)12-20-17(19-10-3)21-13-18(4,5)23(6)7/h11,14H,8-10,12-13H2,1-7H3,(H2,19,20,21). The lowest BCUT2D eigenvalue weighted by Crippen LogP contribution is -2.50. The summed E-state index contributed by atoms with van der Waals surface area (Å²) in [5.41, 5.74) is 1.09. The van der Waals surface area contributed by atoms with Gasteiger partial charge in [-0.2, -0.15) is 0 Å². The monoisotopic (exact) mass is 337 g/mol. The highest BCUT2D eigenvalue weighted by Gasteiger charge is 2.20. The smallest absolute Gasteiger partial charge is 0.191 e. The van der Waals surface area contributed by atoms with Gasteiger partial charge in [0.15, 0.2) is 11.7 Å². The third-order valence-corrected chi connectivity index (χ3v) is 4.62. The van der Waals surface area contributed by atoms with Gasteiger partial charge in [0.25, 0.3) is 0 Å². The molecular formula is C18H35N5O. The molecule has 0 fully saturated rings. The molecule has 0 bridgehead atoms. The third-order valence-electron chi connectivity index (χ3n) is 4.62. The molecule has 0 unspecified atom stereocenters. The molecule has 0 atom stereocenters. The SMILES string of the molecule is CCNC(=NCc1cc(C(CC)CC)no1)NCC(C)(C)N(C)C. The van der Waals surface area contributed by atoms with Crippen molar-refractivity contribution in [1.29, 1.82) is 0 Å². The predicted octanol–water partition coefficient (Wildman–Crippen LogP) is 2.97. The first-order valence-corrected chi connectivity index (χ1v) is 8.99. The van der Waals surface area contributed by atoms with Gasteiger partial charge in [-0.05, 0) is 47.7 Å². The van der Waals surface area contributed by atoms with Crippen molar-refractivity contribution >= 4 is 5.96 Å². The lowest BCUT2D eigenvalue weighted by molar-refractivity contribution is 0.197. The van der Waals surface area contributed by atoms with E-state index in [2.05, 4.69) is 74.4 Å². The van der Waals surface area contributed by atoms with E-state index in [1.54, 1.807) is 0 Å². The van der Waals surface area contributed by atoms with Crippen molar-refractivity contribution in [3.8, 4) is 0 Å². The summed E-state index contributed by atoms with van der Waals surface area (Å²) in [6, 6.07) is 2.04. The highest BCUT2D eigenvalue weighted by atomic mass is 16.5. The number of guanidine groups is 1. The van der Waals surface area contributed by atoms with Crippen molar-refractivity contribution in [3.05, 3.63) is 17.5 Å². The summed E-state index contributed by atoms with van der Waals surface area (Å²) in [7, 11) is 4.17. The second kappa shape index (κ2) is 9.67. The molecule has 0 aliphatic heterocycles. The van der Waals surface area contributed by atoms with Crippen LogP contribution in [-0.4, -0.2) is 48.7 Å². The minimum atomic E-state index is 0.0467. The van der Waals surface area contributed by atoms with E-state index in [1.807, 2.05) is 6.07 Å². The van der Waals surface area contributed by atoms with Gasteiger partial charge in [0.1, 0.15) is 6.54 Å². The van der Waals surface area contributed by atoms with Crippen molar-refractivity contribution in [3.63, 3.8) is 0 Å². The molecule has 24 heavy (non-hydrogen) atoms. The highest BCUT2D eigenvalue weighted by Crippen LogP contribution is 2.22. The van der Waals surface area contributed by atoms with Gasteiger partial charge in [-0.3, -0.25) is 0 Å². The molecule has 6 heteroatoms. The van der Waals surface area contributed by atoms with Crippen molar-refractivity contribution < 1.29 is 4.52 Å². The number of hydrogen-bond donors (Lipinski definition) is 2. The predicted molar refractivity (Wildman–Crippen MR) is 100 cm³/mol. The van der Waals surface area contributed by atoms with E-state index in [9.17, 15) is 0 Å². The van der Waals surface area contributed by atoms with Crippen LogP contribution in [-0.2, 0) is 6.54 Å². The number of aromatic nitrogens is 1. The van der Waals surface area contributed by atoms with Crippen molar-refractivity contribution in [2.75, 3.05) is 27.2 Å². The Hall–Kier alpha value is -1.56. The van der Waals surface area contributed by atoms with Crippen LogP contribution in [0.25, 0.3) is 0 Å². The van der Waals surface area contributed by atoms with Gasteiger partial charge in [-0.1, -0.05) is 19.0 Å². The molecule has 1 rings (SSSR count). The summed E-state index contributed by atoms with van der Waals surface area (Å²) in [6.07, 6.45) is 2.16. The molecule has 1 aromatic heterocycles. The summed E-state index contributed by atoms with van der Waals surface area (Å²) in [5, 5.41) is 10.9. The fourth-order valence-electron chi connectivity index (χ4n) is 2.26. The molecule has 0 saturated carbocycles. The Morgan fingerprint density at radius 1 is 1.25 bits per heavy atom. The zero-order valence-electron chi connectivity index (χ0n) is 16.4. The fraction of sp³-hybridized carbons (Fsp3) is 0.778. The van der Waals surface area contributed by atoms with Gasteiger partial charge < -0.3 is 20.1 Å². The van der Waals surface area contributed by atoms with Crippen LogP contribution < -0.4 is 10.6 Å². The topological polar surface area (TPSA) is 65.7 Å². The van der Waals surface area contributed by atoms with Gasteiger partial charge in [-0.15, -0.1) is 0 Å². The van der Waals surface area contributed by atoms with Gasteiger partial charge in [0.2, 0.25) is 0 Å². The molecule has 1 heterocycles. The Labute approximate surface area is 147 Å². The maximum absolute atomic E-state index is 5.44. The van der Waals surface area contributed by atoms with Gasteiger partial charge in [-0.25, -0.2) is 4.99 Å². The first-order valence-electron chi connectivity index (χ1n) is 8.99. The molecule has 0 spiro atoms. The molecule has 2 N–H and O–H groups in total. The van der Waals surface area contributed by atoms with Crippen LogP contribution in [0.3, 0.4) is 0 Å². The van der Waals surface area contributed by atoms with E-state index >= 15 is 0 Å². The maximum atomic E-state index is 5.44. The van der Waals surface area contributed by atoms with Gasteiger partial charge in [0.05, 0.1) is 5.69 Å². The van der Waals surface area contributed by atoms with Crippen molar-refractivity contribution in [2.45, 2.75) is 65.5 Å². The Morgan fingerprint density at radius 3 is 2.46 bits per heavy atom. The lowest BCUT2D eigenvalue weighted by Gasteiger charge is -2.33. The average molecular weight is 338 g/mol. The molecule has 0 aromatic carbocycles. The fourth-order valence-corrected chi connectivity index (χ4v) is 2.26. The Morgan fingerprint density at radius 2 is 1.92 bits per heavy atom. The van der Waals surface area contributed by atoms with Crippen LogP contribution >= 0.6 is 0 Å². The normalized spacial score (nSPS) is 13.0. The van der Waals surface area contributed by atoms with Crippen LogP contribution in [0.1, 0.15) is 64.8 Å². The van der Waals surface area contributed by atoms with Gasteiger partial charge in [0, 0.05) is 30.6 Å². The molecule has 6 nitrogen and oxygen atoms in total. The first-order chi connectivity index (χ1) is 11.3. The van der Waals surface area contributed by atoms with E-state index in [1.165, 1.54) is 0 Å². The van der Waals surface area contributed by atoms with Crippen LogP contribution in [0, 0.1) is 0 Å². The highest BCUT2D eigenvalue weighted by molar-refractivity contribution is 5.79. The van der Waals surface area contributed by atoms with Gasteiger partial charge >= 0.3 is 0 Å². The Bertz CT molecular complexity index is 503. The molecule has 1 aromatic rings. The number of hydrogen-bond acceptors (Lipinski definition) is 4. The molecule has 138 valence electrons.